The Morgan fingerprint density at radius 1 is 1.15 bits per heavy atom. The molecule has 13 heavy (non-hydrogen) atoms. The summed E-state index contributed by atoms with van der Waals surface area (Å²) in [6.45, 7) is 6.00. The first-order valence-corrected chi connectivity index (χ1v) is 4.57. The molecule has 0 heterocycles. The van der Waals surface area contributed by atoms with Crippen molar-refractivity contribution in [2.24, 2.45) is 5.73 Å². The fraction of sp³-hybridized carbons (Fsp3) is 0.455. The molecule has 0 spiro atoms. The van der Waals surface area contributed by atoms with Crippen molar-refractivity contribution in [3.05, 3.63) is 35.1 Å². The van der Waals surface area contributed by atoms with Crippen LogP contribution >= 0.6 is 0 Å². The van der Waals surface area contributed by atoms with Gasteiger partial charge in [-0.3, -0.25) is 0 Å². The molecule has 0 amide bonds. The Morgan fingerprint density at radius 3 is 2.23 bits per heavy atom. The summed E-state index contributed by atoms with van der Waals surface area (Å²) >= 11 is 0. The van der Waals surface area contributed by atoms with Crippen LogP contribution < -0.4 is 5.73 Å². The Morgan fingerprint density at radius 2 is 1.77 bits per heavy atom. The number of nitrogens with two attached hydrogens (primary N) is 1. The zero-order chi connectivity index (χ0) is 10.0. The summed E-state index contributed by atoms with van der Waals surface area (Å²) < 4.78 is 12.9. The lowest BCUT2D eigenvalue weighted by molar-refractivity contribution is 0.619. The Balaban J connectivity index is 3.19. The molecular weight excluding hydrogens is 165 g/mol. The van der Waals surface area contributed by atoms with E-state index in [-0.39, 0.29) is 11.9 Å². The SMILES string of the molecule is CC(C)c1cc(F)ccc1C(C)N. The maximum Gasteiger partial charge on any atom is 0.123 e. The molecule has 0 fully saturated rings. The highest BCUT2D eigenvalue weighted by Gasteiger charge is 2.10. The lowest BCUT2D eigenvalue weighted by Crippen LogP contribution is -2.09. The molecule has 0 radical (unpaired) electrons. The third-order valence-electron chi connectivity index (χ3n) is 2.16. The molecule has 0 aliphatic carbocycles. The van der Waals surface area contributed by atoms with Gasteiger partial charge in [0.05, 0.1) is 0 Å². The molecule has 1 unspecified atom stereocenters. The van der Waals surface area contributed by atoms with E-state index >= 15 is 0 Å². The van der Waals surface area contributed by atoms with Crippen LogP contribution in [0.5, 0.6) is 0 Å². The van der Waals surface area contributed by atoms with E-state index in [0.717, 1.165) is 11.1 Å². The summed E-state index contributed by atoms with van der Waals surface area (Å²) in [4.78, 5) is 0. The quantitative estimate of drug-likeness (QED) is 0.745. The van der Waals surface area contributed by atoms with Crippen LogP contribution in [0.4, 0.5) is 4.39 Å². The van der Waals surface area contributed by atoms with Gasteiger partial charge < -0.3 is 5.73 Å². The van der Waals surface area contributed by atoms with Gasteiger partial charge in [-0.25, -0.2) is 4.39 Å². The Kier molecular flexibility index (Phi) is 3.04. The second kappa shape index (κ2) is 3.88. The highest BCUT2D eigenvalue weighted by Crippen LogP contribution is 2.24. The monoisotopic (exact) mass is 181 g/mol. The summed E-state index contributed by atoms with van der Waals surface area (Å²) in [5.41, 5.74) is 7.83. The topological polar surface area (TPSA) is 26.0 Å². The van der Waals surface area contributed by atoms with Crippen LogP contribution in [0.15, 0.2) is 18.2 Å². The van der Waals surface area contributed by atoms with E-state index in [1.807, 2.05) is 20.8 Å². The van der Waals surface area contributed by atoms with Crippen molar-refractivity contribution in [1.29, 1.82) is 0 Å². The first kappa shape index (κ1) is 10.2. The summed E-state index contributed by atoms with van der Waals surface area (Å²) in [5, 5.41) is 0. The molecule has 2 N–H and O–H groups in total. The van der Waals surface area contributed by atoms with Crippen LogP contribution in [0, 0.1) is 5.82 Å². The second-order valence-corrected chi connectivity index (χ2v) is 3.72. The van der Waals surface area contributed by atoms with Gasteiger partial charge in [-0.2, -0.15) is 0 Å². The minimum Gasteiger partial charge on any atom is -0.324 e. The van der Waals surface area contributed by atoms with Gasteiger partial charge in [0.15, 0.2) is 0 Å². The summed E-state index contributed by atoms with van der Waals surface area (Å²) in [5.74, 6) is 0.129. The predicted octanol–water partition coefficient (Wildman–Crippen LogP) is 2.97. The van der Waals surface area contributed by atoms with E-state index in [2.05, 4.69) is 0 Å². The van der Waals surface area contributed by atoms with E-state index in [4.69, 9.17) is 5.73 Å². The first-order chi connectivity index (χ1) is 6.02. The molecule has 0 aromatic heterocycles. The fourth-order valence-corrected chi connectivity index (χ4v) is 1.46. The largest absolute Gasteiger partial charge is 0.324 e. The van der Waals surface area contributed by atoms with Gasteiger partial charge in [0.1, 0.15) is 5.82 Å². The molecular formula is C11H16FN. The number of halogens is 1. The van der Waals surface area contributed by atoms with Crippen molar-refractivity contribution >= 4 is 0 Å². The molecule has 0 saturated carbocycles. The third kappa shape index (κ3) is 2.28. The zero-order valence-electron chi connectivity index (χ0n) is 8.34. The number of rotatable bonds is 2. The molecule has 1 aromatic rings. The average molecular weight is 181 g/mol. The standard InChI is InChI=1S/C11H16FN/c1-7(2)11-6-9(12)4-5-10(11)8(3)13/h4-8H,13H2,1-3H3. The van der Waals surface area contributed by atoms with Gasteiger partial charge >= 0.3 is 0 Å². The molecule has 1 atom stereocenters. The van der Waals surface area contributed by atoms with Crippen molar-refractivity contribution in [2.75, 3.05) is 0 Å². The van der Waals surface area contributed by atoms with Crippen LogP contribution in [-0.4, -0.2) is 0 Å². The van der Waals surface area contributed by atoms with Gasteiger partial charge in [0.25, 0.3) is 0 Å². The summed E-state index contributed by atoms with van der Waals surface area (Å²) in [6, 6.07) is 4.78. The molecule has 1 nitrogen and oxygen atoms in total. The van der Waals surface area contributed by atoms with E-state index in [0.29, 0.717) is 5.92 Å². The fourth-order valence-electron chi connectivity index (χ4n) is 1.46. The Hall–Kier alpha value is -0.890. The average Bonchev–Trinajstić information content (AvgIpc) is 2.03. The van der Waals surface area contributed by atoms with Crippen LogP contribution in [-0.2, 0) is 0 Å². The van der Waals surface area contributed by atoms with Crippen LogP contribution in [0.1, 0.15) is 43.9 Å². The van der Waals surface area contributed by atoms with E-state index in [9.17, 15) is 4.39 Å². The summed E-state index contributed by atoms with van der Waals surface area (Å²) in [6.07, 6.45) is 0. The van der Waals surface area contributed by atoms with Gasteiger partial charge in [-0.05, 0) is 36.1 Å². The second-order valence-electron chi connectivity index (χ2n) is 3.72. The number of hydrogen-bond acceptors (Lipinski definition) is 1. The minimum absolute atomic E-state index is 0.0296. The summed E-state index contributed by atoms with van der Waals surface area (Å²) in [7, 11) is 0. The first-order valence-electron chi connectivity index (χ1n) is 4.57. The molecule has 1 rings (SSSR count). The lowest BCUT2D eigenvalue weighted by Gasteiger charge is -2.15. The molecule has 2 heteroatoms. The van der Waals surface area contributed by atoms with E-state index < -0.39 is 0 Å². The maximum absolute atomic E-state index is 12.9. The molecule has 0 aliphatic heterocycles. The van der Waals surface area contributed by atoms with Crippen molar-refractivity contribution in [2.45, 2.75) is 32.7 Å². The molecule has 0 saturated heterocycles. The predicted molar refractivity (Wildman–Crippen MR) is 53.1 cm³/mol. The molecule has 0 bridgehead atoms. The lowest BCUT2D eigenvalue weighted by atomic mass is 9.94. The van der Waals surface area contributed by atoms with Crippen molar-refractivity contribution in [3.63, 3.8) is 0 Å². The Bertz CT molecular complexity index is 292. The highest BCUT2D eigenvalue weighted by molar-refractivity contribution is 5.32. The number of hydrogen-bond donors (Lipinski definition) is 1. The van der Waals surface area contributed by atoms with Crippen molar-refractivity contribution < 1.29 is 4.39 Å². The molecule has 0 aliphatic rings. The van der Waals surface area contributed by atoms with Gasteiger partial charge in [0.2, 0.25) is 0 Å². The normalized spacial score (nSPS) is 13.4. The van der Waals surface area contributed by atoms with Crippen LogP contribution in [0.2, 0.25) is 0 Å². The molecule has 72 valence electrons. The molecule has 1 aromatic carbocycles. The highest BCUT2D eigenvalue weighted by atomic mass is 19.1. The van der Waals surface area contributed by atoms with Gasteiger partial charge in [-0.15, -0.1) is 0 Å². The zero-order valence-corrected chi connectivity index (χ0v) is 8.34. The van der Waals surface area contributed by atoms with Crippen LogP contribution in [0.25, 0.3) is 0 Å². The van der Waals surface area contributed by atoms with Gasteiger partial charge in [-0.1, -0.05) is 19.9 Å². The minimum atomic E-state index is -0.187. The maximum atomic E-state index is 12.9. The van der Waals surface area contributed by atoms with Gasteiger partial charge in [0, 0.05) is 6.04 Å². The Labute approximate surface area is 78.8 Å². The smallest absolute Gasteiger partial charge is 0.123 e. The number of benzene rings is 1. The van der Waals surface area contributed by atoms with Crippen molar-refractivity contribution in [3.8, 4) is 0 Å². The van der Waals surface area contributed by atoms with E-state index in [1.165, 1.54) is 6.07 Å². The third-order valence-corrected chi connectivity index (χ3v) is 2.16. The van der Waals surface area contributed by atoms with E-state index in [1.54, 1.807) is 12.1 Å². The van der Waals surface area contributed by atoms with Crippen molar-refractivity contribution in [1.82, 2.24) is 0 Å². The van der Waals surface area contributed by atoms with Crippen LogP contribution in [0.3, 0.4) is 0 Å².